The Kier molecular flexibility index (Phi) is 3.75. The number of carbonyl (C=O) groups is 1. The van der Waals surface area contributed by atoms with Gasteiger partial charge in [-0.25, -0.2) is 0 Å². The predicted octanol–water partition coefficient (Wildman–Crippen LogP) is 3.71. The first kappa shape index (κ1) is 15.1. The molecule has 1 heterocycles. The zero-order chi connectivity index (χ0) is 16.4. The minimum Gasteiger partial charge on any atom is -0.379 e. The Morgan fingerprint density at radius 2 is 1.96 bits per heavy atom. The summed E-state index contributed by atoms with van der Waals surface area (Å²) in [4.78, 5) is 12.5. The zero-order valence-electron chi connectivity index (χ0n) is 13.3. The fraction of sp³-hybridized carbons (Fsp3) is 0.200. The standard InChI is InChI=1S/C20H18N2O/c1-20(2)12-16-9-8-14(13-21)10-17(16)18(22-20)11-19(23)15-6-4-3-5-7-15/h3-11,22H,12H2,1-2H3. The molecular formula is C20H18N2O. The summed E-state index contributed by atoms with van der Waals surface area (Å²) >= 11 is 0. The minimum absolute atomic E-state index is 0.0425. The number of ketones is 1. The summed E-state index contributed by atoms with van der Waals surface area (Å²) in [6, 6.07) is 17.0. The second-order valence-corrected chi connectivity index (χ2v) is 6.46. The van der Waals surface area contributed by atoms with E-state index in [4.69, 9.17) is 5.26 Å². The van der Waals surface area contributed by atoms with E-state index in [9.17, 15) is 4.79 Å². The van der Waals surface area contributed by atoms with Crippen LogP contribution in [-0.2, 0) is 6.42 Å². The van der Waals surface area contributed by atoms with Crippen molar-refractivity contribution in [2.24, 2.45) is 0 Å². The molecule has 0 atom stereocenters. The molecule has 0 fully saturated rings. The van der Waals surface area contributed by atoms with Gasteiger partial charge in [0.1, 0.15) is 0 Å². The van der Waals surface area contributed by atoms with Gasteiger partial charge in [0.05, 0.1) is 11.6 Å². The van der Waals surface area contributed by atoms with Gasteiger partial charge >= 0.3 is 0 Å². The smallest absolute Gasteiger partial charge is 0.187 e. The largest absolute Gasteiger partial charge is 0.379 e. The van der Waals surface area contributed by atoms with E-state index in [1.165, 1.54) is 0 Å². The van der Waals surface area contributed by atoms with Crippen LogP contribution in [0.25, 0.3) is 5.70 Å². The quantitative estimate of drug-likeness (QED) is 0.679. The highest BCUT2D eigenvalue weighted by molar-refractivity contribution is 6.08. The van der Waals surface area contributed by atoms with Crippen molar-refractivity contribution >= 4 is 11.5 Å². The molecule has 2 aromatic rings. The van der Waals surface area contributed by atoms with Crippen molar-refractivity contribution in [2.45, 2.75) is 25.8 Å². The molecule has 0 saturated carbocycles. The molecule has 0 spiro atoms. The maximum absolute atomic E-state index is 12.5. The van der Waals surface area contributed by atoms with E-state index in [2.05, 4.69) is 25.2 Å². The first-order valence-corrected chi connectivity index (χ1v) is 7.61. The topological polar surface area (TPSA) is 52.9 Å². The summed E-state index contributed by atoms with van der Waals surface area (Å²) in [6.07, 6.45) is 2.49. The average molecular weight is 302 g/mol. The predicted molar refractivity (Wildman–Crippen MR) is 90.8 cm³/mol. The van der Waals surface area contributed by atoms with Crippen molar-refractivity contribution in [3.05, 3.63) is 76.9 Å². The van der Waals surface area contributed by atoms with Crippen LogP contribution in [-0.4, -0.2) is 11.3 Å². The molecule has 1 aliphatic heterocycles. The molecule has 1 N–H and O–H groups in total. The first-order chi connectivity index (χ1) is 11.0. The van der Waals surface area contributed by atoms with Crippen LogP contribution in [0.5, 0.6) is 0 Å². The van der Waals surface area contributed by atoms with Crippen molar-refractivity contribution in [3.63, 3.8) is 0 Å². The molecule has 3 rings (SSSR count). The third-order valence-electron chi connectivity index (χ3n) is 3.97. The van der Waals surface area contributed by atoms with Crippen LogP contribution in [0.4, 0.5) is 0 Å². The molecule has 3 nitrogen and oxygen atoms in total. The van der Waals surface area contributed by atoms with Crippen molar-refractivity contribution in [2.75, 3.05) is 0 Å². The van der Waals surface area contributed by atoms with Gasteiger partial charge in [0.2, 0.25) is 0 Å². The van der Waals surface area contributed by atoms with Gasteiger partial charge < -0.3 is 5.32 Å². The Bertz CT molecular complexity index is 826. The highest BCUT2D eigenvalue weighted by Gasteiger charge is 2.28. The number of nitrogens with one attached hydrogen (secondary N) is 1. The second-order valence-electron chi connectivity index (χ2n) is 6.46. The number of hydrogen-bond donors (Lipinski definition) is 1. The van der Waals surface area contributed by atoms with Crippen LogP contribution in [0.15, 0.2) is 54.6 Å². The lowest BCUT2D eigenvalue weighted by molar-refractivity contribution is 0.104. The second kappa shape index (κ2) is 5.73. The van der Waals surface area contributed by atoms with Gasteiger partial charge in [-0.05, 0) is 38.0 Å². The lowest BCUT2D eigenvalue weighted by Crippen LogP contribution is -2.43. The monoisotopic (exact) mass is 302 g/mol. The SMILES string of the molecule is CC1(C)Cc2ccc(C#N)cc2C(=CC(=O)c2ccccc2)N1. The Morgan fingerprint density at radius 1 is 1.22 bits per heavy atom. The van der Waals surface area contributed by atoms with Crippen LogP contribution >= 0.6 is 0 Å². The molecular weight excluding hydrogens is 284 g/mol. The molecule has 3 heteroatoms. The Hall–Kier alpha value is -2.86. The average Bonchev–Trinajstić information content (AvgIpc) is 2.54. The molecule has 23 heavy (non-hydrogen) atoms. The van der Waals surface area contributed by atoms with Crippen LogP contribution in [0.2, 0.25) is 0 Å². The van der Waals surface area contributed by atoms with E-state index in [0.29, 0.717) is 11.1 Å². The number of allylic oxidation sites excluding steroid dienone is 1. The molecule has 0 aliphatic carbocycles. The molecule has 0 amide bonds. The minimum atomic E-state index is -0.135. The van der Waals surface area contributed by atoms with Crippen molar-refractivity contribution in [1.82, 2.24) is 5.32 Å². The van der Waals surface area contributed by atoms with E-state index in [1.54, 1.807) is 18.2 Å². The molecule has 0 radical (unpaired) electrons. The summed E-state index contributed by atoms with van der Waals surface area (Å²) in [5, 5.41) is 12.6. The molecule has 0 saturated heterocycles. The third kappa shape index (κ3) is 3.17. The van der Waals surface area contributed by atoms with Crippen molar-refractivity contribution < 1.29 is 4.79 Å². The number of rotatable bonds is 2. The van der Waals surface area contributed by atoms with Gasteiger partial charge in [0.25, 0.3) is 0 Å². The van der Waals surface area contributed by atoms with Crippen LogP contribution in [0.3, 0.4) is 0 Å². The third-order valence-corrected chi connectivity index (χ3v) is 3.97. The fourth-order valence-corrected chi connectivity index (χ4v) is 2.93. The number of nitrogens with zero attached hydrogens (tertiary/aromatic N) is 1. The van der Waals surface area contributed by atoms with E-state index in [1.807, 2.05) is 36.4 Å². The maximum Gasteiger partial charge on any atom is 0.187 e. The summed E-state index contributed by atoms with van der Waals surface area (Å²) in [6.45, 7) is 4.21. The number of carbonyl (C=O) groups excluding carboxylic acids is 1. The molecule has 0 bridgehead atoms. The van der Waals surface area contributed by atoms with Crippen molar-refractivity contribution in [3.8, 4) is 6.07 Å². The number of fused-ring (bicyclic) bond motifs is 1. The Morgan fingerprint density at radius 3 is 2.65 bits per heavy atom. The van der Waals surface area contributed by atoms with Crippen LogP contribution in [0, 0.1) is 11.3 Å². The normalized spacial score (nSPS) is 17.0. The van der Waals surface area contributed by atoms with Crippen molar-refractivity contribution in [1.29, 1.82) is 5.26 Å². The zero-order valence-corrected chi connectivity index (χ0v) is 13.3. The fourth-order valence-electron chi connectivity index (χ4n) is 2.93. The van der Waals surface area contributed by atoms with Crippen LogP contribution in [0.1, 0.15) is 40.9 Å². The molecule has 1 aliphatic rings. The molecule has 0 unspecified atom stereocenters. The van der Waals surface area contributed by atoms with Gasteiger partial charge in [-0.2, -0.15) is 5.26 Å². The highest BCUT2D eigenvalue weighted by atomic mass is 16.1. The lowest BCUT2D eigenvalue weighted by Gasteiger charge is -2.35. The van der Waals surface area contributed by atoms with E-state index >= 15 is 0 Å². The Balaban J connectivity index is 2.07. The van der Waals surface area contributed by atoms with E-state index < -0.39 is 0 Å². The van der Waals surface area contributed by atoms with Crippen LogP contribution < -0.4 is 5.32 Å². The first-order valence-electron chi connectivity index (χ1n) is 7.61. The lowest BCUT2D eigenvalue weighted by atomic mass is 9.84. The summed E-state index contributed by atoms with van der Waals surface area (Å²) < 4.78 is 0. The van der Waals surface area contributed by atoms with E-state index in [0.717, 1.165) is 23.2 Å². The number of nitriles is 1. The number of hydrogen-bond acceptors (Lipinski definition) is 3. The maximum atomic E-state index is 12.5. The Labute approximate surface area is 136 Å². The van der Waals surface area contributed by atoms with Gasteiger partial charge in [0, 0.05) is 28.4 Å². The van der Waals surface area contributed by atoms with Gasteiger partial charge in [-0.1, -0.05) is 36.4 Å². The molecule has 2 aromatic carbocycles. The highest BCUT2D eigenvalue weighted by Crippen LogP contribution is 2.30. The summed E-state index contributed by atoms with van der Waals surface area (Å²) in [5.74, 6) is -0.0425. The number of benzene rings is 2. The van der Waals surface area contributed by atoms with E-state index in [-0.39, 0.29) is 11.3 Å². The van der Waals surface area contributed by atoms with Gasteiger partial charge in [0.15, 0.2) is 5.78 Å². The molecule has 114 valence electrons. The van der Waals surface area contributed by atoms with Gasteiger partial charge in [-0.15, -0.1) is 0 Å². The summed E-state index contributed by atoms with van der Waals surface area (Å²) in [7, 11) is 0. The molecule has 0 aromatic heterocycles. The summed E-state index contributed by atoms with van der Waals surface area (Å²) in [5.41, 5.74) is 3.99. The van der Waals surface area contributed by atoms with Gasteiger partial charge in [-0.3, -0.25) is 4.79 Å².